The van der Waals surface area contributed by atoms with E-state index in [1.807, 2.05) is 13.8 Å². The number of hydrogen-bond acceptors (Lipinski definition) is 6. The fourth-order valence-electron chi connectivity index (χ4n) is 9.66. The lowest BCUT2D eigenvalue weighted by Gasteiger charge is -2.53. The van der Waals surface area contributed by atoms with Crippen molar-refractivity contribution < 1.29 is 23.7 Å². The molecule has 2 saturated heterocycles. The van der Waals surface area contributed by atoms with Crippen molar-refractivity contribution in [2.24, 2.45) is 23.2 Å². The molecular formula is C32H47NO5Si2. The van der Waals surface area contributed by atoms with Gasteiger partial charge in [-0.3, -0.25) is 9.69 Å². The van der Waals surface area contributed by atoms with Crippen LogP contribution in [0, 0.1) is 35.0 Å². The SMILES string of the molecule is COC1=C(OC)[C@@]2(C#CC3=C[C@H]([Si](C)(C)C)[C@H]4OC(C)(C)O[C@@H]34)N(C)CC[C@]23[C@@H]2C=C[C@@H]([C@H]2[Si](C)(C)C)[C@@H]3C1=O. The quantitative estimate of drug-likeness (QED) is 0.250. The van der Waals surface area contributed by atoms with Crippen LogP contribution < -0.4 is 0 Å². The van der Waals surface area contributed by atoms with Gasteiger partial charge in [-0.1, -0.05) is 69.4 Å². The largest absolute Gasteiger partial charge is 0.494 e. The summed E-state index contributed by atoms with van der Waals surface area (Å²) >= 11 is 0. The van der Waals surface area contributed by atoms with Crippen LogP contribution in [-0.2, 0) is 23.7 Å². The molecule has 0 aromatic carbocycles. The molecule has 1 spiro atoms. The number of ether oxygens (including phenoxy) is 4. The van der Waals surface area contributed by atoms with Crippen molar-refractivity contribution in [1.82, 2.24) is 4.90 Å². The van der Waals surface area contributed by atoms with E-state index in [2.05, 4.69) is 81.3 Å². The smallest absolute Gasteiger partial charge is 0.205 e. The Kier molecular flexibility index (Phi) is 6.19. The van der Waals surface area contributed by atoms with Crippen molar-refractivity contribution in [3.05, 3.63) is 35.3 Å². The Balaban J connectivity index is 1.57. The number of fused-ring (bicyclic) bond motifs is 4. The molecule has 4 aliphatic carbocycles. The van der Waals surface area contributed by atoms with Crippen LogP contribution in [0.5, 0.6) is 0 Å². The topological polar surface area (TPSA) is 57.2 Å². The standard InChI is InChI=1S/C32H47NO5Si2/c1-30(2)37-25-19(18-22(26(25)38-30)39(6,7)8)14-15-32-29(36-5)27(35-4)24(34)23-20-12-13-21(28(20)40(9,10)11)31(23,32)16-17-33(32)3/h12-13,18,20-23,25-26,28H,16-17H2,1-11H3/t20-,21-,22+,23-,25+,26-,28-,31-,32-/m1/s1. The summed E-state index contributed by atoms with van der Waals surface area (Å²) in [6, 6.07) is 0. The van der Waals surface area contributed by atoms with Crippen LogP contribution in [-0.4, -0.2) is 78.2 Å². The number of nitrogens with zero attached hydrogens (tertiary/aromatic N) is 1. The monoisotopic (exact) mass is 581 g/mol. The second-order valence-electron chi connectivity index (χ2n) is 15.5. The van der Waals surface area contributed by atoms with E-state index in [1.165, 1.54) is 0 Å². The molecule has 218 valence electrons. The van der Waals surface area contributed by atoms with E-state index in [1.54, 1.807) is 14.2 Å². The first-order valence-electron chi connectivity index (χ1n) is 14.9. The first kappa shape index (κ1) is 28.5. The molecule has 1 saturated carbocycles. The molecule has 0 aromatic heterocycles. The predicted octanol–water partition coefficient (Wildman–Crippen LogP) is 5.45. The summed E-state index contributed by atoms with van der Waals surface area (Å²) in [5, 5.41) is 0. The molecule has 8 heteroatoms. The molecule has 0 amide bonds. The lowest BCUT2D eigenvalue weighted by Crippen LogP contribution is -2.63. The van der Waals surface area contributed by atoms with Gasteiger partial charge in [0.1, 0.15) is 6.10 Å². The van der Waals surface area contributed by atoms with Crippen molar-refractivity contribution in [3.63, 3.8) is 0 Å². The highest BCUT2D eigenvalue weighted by Crippen LogP contribution is 2.75. The predicted molar refractivity (Wildman–Crippen MR) is 162 cm³/mol. The number of likely N-dealkylation sites (tertiary alicyclic amines) is 1. The normalized spacial score (nSPS) is 43.3. The van der Waals surface area contributed by atoms with Gasteiger partial charge < -0.3 is 18.9 Å². The van der Waals surface area contributed by atoms with Gasteiger partial charge in [-0.2, -0.15) is 0 Å². The van der Waals surface area contributed by atoms with Crippen molar-refractivity contribution in [2.45, 2.75) is 94.2 Å². The number of carbonyl (C=O) groups is 1. The second-order valence-corrected chi connectivity index (χ2v) is 26.3. The summed E-state index contributed by atoms with van der Waals surface area (Å²) in [5.41, 5.74) is 0.701. The molecule has 0 unspecified atom stereocenters. The average Bonchev–Trinajstić information content (AvgIpc) is 3.61. The summed E-state index contributed by atoms with van der Waals surface area (Å²) in [7, 11) is 2.20. The van der Waals surface area contributed by atoms with Crippen LogP contribution in [0.4, 0.5) is 0 Å². The summed E-state index contributed by atoms with van der Waals surface area (Å²) in [4.78, 5) is 16.7. The molecule has 9 atom stereocenters. The van der Waals surface area contributed by atoms with Gasteiger partial charge in [0.25, 0.3) is 0 Å². The lowest BCUT2D eigenvalue weighted by molar-refractivity contribution is -0.144. The van der Waals surface area contributed by atoms with Crippen LogP contribution in [0.3, 0.4) is 0 Å². The van der Waals surface area contributed by atoms with Crippen LogP contribution >= 0.6 is 0 Å². The maximum absolute atomic E-state index is 14.3. The Morgan fingerprint density at radius 1 is 1.02 bits per heavy atom. The number of ketones is 1. The second kappa shape index (κ2) is 8.70. The zero-order chi connectivity index (χ0) is 29.2. The first-order valence-corrected chi connectivity index (χ1v) is 22.1. The van der Waals surface area contributed by atoms with Crippen LogP contribution in [0.25, 0.3) is 0 Å². The summed E-state index contributed by atoms with van der Waals surface area (Å²) in [6.45, 7) is 19.4. The Morgan fingerprint density at radius 3 is 2.33 bits per heavy atom. The van der Waals surface area contributed by atoms with Crippen molar-refractivity contribution in [3.8, 4) is 11.8 Å². The van der Waals surface area contributed by atoms with Crippen molar-refractivity contribution in [2.75, 3.05) is 27.8 Å². The Hall–Kier alpha value is -1.64. The van der Waals surface area contributed by atoms with Crippen molar-refractivity contribution >= 4 is 21.9 Å². The molecule has 0 aromatic rings. The van der Waals surface area contributed by atoms with E-state index in [-0.39, 0.29) is 41.2 Å². The average molecular weight is 582 g/mol. The van der Waals surface area contributed by atoms with E-state index in [0.29, 0.717) is 22.6 Å². The maximum atomic E-state index is 14.3. The number of rotatable bonds is 4. The van der Waals surface area contributed by atoms with Gasteiger partial charge in [0, 0.05) is 37.1 Å². The van der Waals surface area contributed by atoms with Gasteiger partial charge in [-0.25, -0.2) is 0 Å². The molecule has 0 radical (unpaired) electrons. The van der Waals surface area contributed by atoms with Crippen LogP contribution in [0.15, 0.2) is 35.3 Å². The molecular weight excluding hydrogens is 535 g/mol. The summed E-state index contributed by atoms with van der Waals surface area (Å²) in [6.07, 6.45) is 7.85. The van der Waals surface area contributed by atoms with Crippen LogP contribution in [0.1, 0.15) is 20.3 Å². The Morgan fingerprint density at radius 2 is 1.73 bits per heavy atom. The third-order valence-electron chi connectivity index (χ3n) is 11.0. The highest BCUT2D eigenvalue weighted by atomic mass is 28.3. The Labute approximate surface area is 242 Å². The zero-order valence-corrected chi connectivity index (χ0v) is 28.2. The number of methoxy groups -OCH3 is 2. The molecule has 0 N–H and O–H groups in total. The third kappa shape index (κ3) is 3.48. The first-order chi connectivity index (χ1) is 18.5. The fourth-order valence-corrected chi connectivity index (χ4v) is 14.5. The number of allylic oxidation sites excluding steroid dienone is 3. The minimum Gasteiger partial charge on any atom is -0.494 e. The summed E-state index contributed by atoms with van der Waals surface area (Å²) < 4.78 is 25.1. The van der Waals surface area contributed by atoms with E-state index >= 15 is 0 Å². The molecule has 2 bridgehead atoms. The molecule has 3 fully saturated rings. The highest BCUT2D eigenvalue weighted by Gasteiger charge is 2.79. The van der Waals surface area contributed by atoms with Gasteiger partial charge in [0.15, 0.2) is 17.1 Å². The van der Waals surface area contributed by atoms with E-state index < -0.39 is 27.5 Å². The van der Waals surface area contributed by atoms with E-state index in [0.717, 1.165) is 18.5 Å². The summed E-state index contributed by atoms with van der Waals surface area (Å²) in [5.74, 6) is 8.29. The fraction of sp³-hybridized carbons (Fsp3) is 0.719. The lowest BCUT2D eigenvalue weighted by atomic mass is 9.53. The zero-order valence-electron chi connectivity index (χ0n) is 26.2. The number of Topliss-reactive ketones (excluding diaryl/α,β-unsaturated/α-hetero) is 1. The highest BCUT2D eigenvalue weighted by molar-refractivity contribution is 6.78. The molecule has 6 aliphatic rings. The molecule has 40 heavy (non-hydrogen) atoms. The maximum Gasteiger partial charge on any atom is 0.205 e. The number of hydrogen-bond donors (Lipinski definition) is 0. The Bertz CT molecular complexity index is 1290. The number of carbonyl (C=O) groups excluding carboxylic acids is 1. The van der Waals surface area contributed by atoms with Gasteiger partial charge >= 0.3 is 0 Å². The minimum absolute atomic E-state index is 0.00640. The van der Waals surface area contributed by atoms with E-state index in [4.69, 9.17) is 18.9 Å². The van der Waals surface area contributed by atoms with E-state index in [9.17, 15) is 4.79 Å². The third-order valence-corrected chi connectivity index (χ3v) is 16.2. The molecule has 2 aliphatic heterocycles. The molecule has 6 nitrogen and oxygen atoms in total. The van der Waals surface area contributed by atoms with Crippen LogP contribution in [0.2, 0.25) is 50.4 Å². The minimum atomic E-state index is -1.63. The molecule has 6 rings (SSSR count). The number of likely N-dealkylation sites (N-methyl/N-ethyl adjacent to an activating group) is 1. The van der Waals surface area contributed by atoms with Gasteiger partial charge in [0.05, 0.1) is 28.4 Å². The molecule has 2 heterocycles. The van der Waals surface area contributed by atoms with Crippen molar-refractivity contribution in [1.29, 1.82) is 0 Å². The van der Waals surface area contributed by atoms with Gasteiger partial charge in [-0.15, -0.1) is 0 Å². The van der Waals surface area contributed by atoms with Gasteiger partial charge in [0.2, 0.25) is 11.5 Å². The van der Waals surface area contributed by atoms with Gasteiger partial charge in [-0.05, 0) is 44.7 Å².